The van der Waals surface area contributed by atoms with E-state index in [9.17, 15) is 4.79 Å². The van der Waals surface area contributed by atoms with Crippen LogP contribution in [0.2, 0.25) is 0 Å². The number of rotatable bonds is 9. The molecule has 1 heterocycles. The van der Waals surface area contributed by atoms with E-state index in [2.05, 4.69) is 15.6 Å². The highest BCUT2D eigenvalue weighted by Crippen LogP contribution is 2.15. The molecular formula is C15H25N3O3. The minimum Gasteiger partial charge on any atom is -0.475 e. The van der Waals surface area contributed by atoms with Crippen LogP contribution in [0, 0.1) is 0 Å². The number of carbonyl (C=O) groups is 1. The number of methoxy groups -OCH3 is 1. The van der Waals surface area contributed by atoms with Gasteiger partial charge in [-0.05, 0) is 26.8 Å². The summed E-state index contributed by atoms with van der Waals surface area (Å²) >= 11 is 0. The Morgan fingerprint density at radius 2 is 2.14 bits per heavy atom. The summed E-state index contributed by atoms with van der Waals surface area (Å²) in [5, 5.41) is 5.93. The quantitative estimate of drug-likeness (QED) is 0.714. The molecule has 0 saturated heterocycles. The van der Waals surface area contributed by atoms with Crippen molar-refractivity contribution in [2.45, 2.75) is 39.5 Å². The summed E-state index contributed by atoms with van der Waals surface area (Å²) in [6.45, 7) is 7.08. The standard InChI is InChI=1S/C15H25N3O3/c1-11(2)21-15-13(6-5-7-17-15)8-16-9-14(19)18-12(3)10-20-4/h5-7,11-12,16H,8-10H2,1-4H3,(H,18,19). The molecule has 1 aromatic heterocycles. The van der Waals surface area contributed by atoms with E-state index in [1.807, 2.05) is 32.9 Å². The van der Waals surface area contributed by atoms with Crippen molar-refractivity contribution < 1.29 is 14.3 Å². The van der Waals surface area contributed by atoms with Crippen LogP contribution in [0.4, 0.5) is 0 Å². The highest BCUT2D eigenvalue weighted by atomic mass is 16.5. The maximum atomic E-state index is 11.7. The molecule has 6 nitrogen and oxygen atoms in total. The van der Waals surface area contributed by atoms with E-state index in [0.717, 1.165) is 5.56 Å². The van der Waals surface area contributed by atoms with Gasteiger partial charge in [0.1, 0.15) is 0 Å². The van der Waals surface area contributed by atoms with Gasteiger partial charge in [-0.2, -0.15) is 0 Å². The highest BCUT2D eigenvalue weighted by Gasteiger charge is 2.09. The molecule has 2 N–H and O–H groups in total. The number of hydrogen-bond donors (Lipinski definition) is 2. The topological polar surface area (TPSA) is 72.5 Å². The number of nitrogens with one attached hydrogen (secondary N) is 2. The molecule has 0 aliphatic carbocycles. The van der Waals surface area contributed by atoms with Crippen molar-refractivity contribution in [3.63, 3.8) is 0 Å². The third-order valence-corrected chi connectivity index (χ3v) is 2.62. The zero-order chi connectivity index (χ0) is 15.7. The van der Waals surface area contributed by atoms with Gasteiger partial charge in [0.15, 0.2) is 0 Å². The van der Waals surface area contributed by atoms with Crippen molar-refractivity contribution in [2.75, 3.05) is 20.3 Å². The summed E-state index contributed by atoms with van der Waals surface area (Å²) in [6.07, 6.45) is 1.76. The Labute approximate surface area is 126 Å². The highest BCUT2D eigenvalue weighted by molar-refractivity contribution is 5.78. The first-order valence-electron chi connectivity index (χ1n) is 7.12. The second-order valence-electron chi connectivity index (χ2n) is 5.16. The summed E-state index contributed by atoms with van der Waals surface area (Å²) in [5.74, 6) is 0.544. The van der Waals surface area contributed by atoms with E-state index in [1.165, 1.54) is 0 Å². The number of pyridine rings is 1. The van der Waals surface area contributed by atoms with Crippen LogP contribution in [0.3, 0.4) is 0 Å². The zero-order valence-electron chi connectivity index (χ0n) is 13.2. The van der Waals surface area contributed by atoms with Gasteiger partial charge in [-0.3, -0.25) is 4.79 Å². The van der Waals surface area contributed by atoms with Gasteiger partial charge in [0, 0.05) is 31.5 Å². The molecule has 21 heavy (non-hydrogen) atoms. The van der Waals surface area contributed by atoms with Gasteiger partial charge in [-0.25, -0.2) is 4.98 Å². The predicted octanol–water partition coefficient (Wildman–Crippen LogP) is 1.11. The summed E-state index contributed by atoms with van der Waals surface area (Å²) in [6, 6.07) is 3.79. The molecule has 1 unspecified atom stereocenters. The fraction of sp³-hybridized carbons (Fsp3) is 0.600. The van der Waals surface area contributed by atoms with Crippen LogP contribution in [0.1, 0.15) is 26.3 Å². The average Bonchev–Trinajstić information content (AvgIpc) is 2.40. The second-order valence-corrected chi connectivity index (χ2v) is 5.16. The molecule has 1 aromatic rings. The Morgan fingerprint density at radius 1 is 1.38 bits per heavy atom. The molecule has 1 rings (SSSR count). The Bertz CT molecular complexity index is 438. The lowest BCUT2D eigenvalue weighted by molar-refractivity contribution is -0.121. The van der Waals surface area contributed by atoms with E-state index in [1.54, 1.807) is 13.3 Å². The number of nitrogens with zero attached hydrogens (tertiary/aromatic N) is 1. The molecular weight excluding hydrogens is 270 g/mol. The Kier molecular flexibility index (Phi) is 7.71. The van der Waals surface area contributed by atoms with Gasteiger partial charge in [0.05, 0.1) is 19.3 Å². The van der Waals surface area contributed by atoms with Crippen molar-refractivity contribution >= 4 is 5.91 Å². The van der Waals surface area contributed by atoms with Crippen LogP contribution in [0.25, 0.3) is 0 Å². The lowest BCUT2D eigenvalue weighted by Crippen LogP contribution is -2.40. The molecule has 0 radical (unpaired) electrons. The van der Waals surface area contributed by atoms with Crippen molar-refractivity contribution in [1.29, 1.82) is 0 Å². The molecule has 6 heteroatoms. The third-order valence-electron chi connectivity index (χ3n) is 2.62. The summed E-state index contributed by atoms with van der Waals surface area (Å²) < 4.78 is 10.6. The third kappa shape index (κ3) is 7.06. The first-order chi connectivity index (χ1) is 10.0. The van der Waals surface area contributed by atoms with Gasteiger partial charge < -0.3 is 20.1 Å². The summed E-state index contributed by atoms with van der Waals surface area (Å²) in [7, 11) is 1.61. The van der Waals surface area contributed by atoms with Crippen LogP contribution < -0.4 is 15.4 Å². The molecule has 0 fully saturated rings. The molecule has 0 aliphatic heterocycles. The smallest absolute Gasteiger partial charge is 0.234 e. The van der Waals surface area contributed by atoms with Gasteiger partial charge >= 0.3 is 0 Å². The first kappa shape index (κ1) is 17.4. The molecule has 0 aliphatic rings. The van der Waals surface area contributed by atoms with Crippen LogP contribution in [-0.2, 0) is 16.1 Å². The lowest BCUT2D eigenvalue weighted by Gasteiger charge is -2.14. The van der Waals surface area contributed by atoms with Gasteiger partial charge in [0.2, 0.25) is 11.8 Å². The van der Waals surface area contributed by atoms with E-state index in [4.69, 9.17) is 9.47 Å². The maximum absolute atomic E-state index is 11.7. The second kappa shape index (κ2) is 9.31. The number of aromatic nitrogens is 1. The van der Waals surface area contributed by atoms with Crippen molar-refractivity contribution in [3.05, 3.63) is 23.9 Å². The van der Waals surface area contributed by atoms with Crippen LogP contribution in [-0.4, -0.2) is 43.3 Å². The van der Waals surface area contributed by atoms with E-state index < -0.39 is 0 Å². The number of ether oxygens (including phenoxy) is 2. The molecule has 1 amide bonds. The fourth-order valence-corrected chi connectivity index (χ4v) is 1.82. The average molecular weight is 295 g/mol. The first-order valence-corrected chi connectivity index (χ1v) is 7.12. The van der Waals surface area contributed by atoms with Gasteiger partial charge in [-0.1, -0.05) is 6.07 Å². The van der Waals surface area contributed by atoms with Gasteiger partial charge in [-0.15, -0.1) is 0 Å². The molecule has 1 atom stereocenters. The number of hydrogen-bond acceptors (Lipinski definition) is 5. The molecule has 0 saturated carbocycles. The normalized spacial score (nSPS) is 12.2. The van der Waals surface area contributed by atoms with Crippen molar-refractivity contribution in [1.82, 2.24) is 15.6 Å². The van der Waals surface area contributed by atoms with E-state index >= 15 is 0 Å². The fourth-order valence-electron chi connectivity index (χ4n) is 1.82. The Balaban J connectivity index is 2.40. The maximum Gasteiger partial charge on any atom is 0.234 e. The Morgan fingerprint density at radius 3 is 2.81 bits per heavy atom. The van der Waals surface area contributed by atoms with E-state index in [0.29, 0.717) is 19.0 Å². The summed E-state index contributed by atoms with van der Waals surface area (Å²) in [4.78, 5) is 15.9. The van der Waals surface area contributed by atoms with Crippen LogP contribution >= 0.6 is 0 Å². The minimum absolute atomic E-state index is 0.00234. The predicted molar refractivity (Wildman–Crippen MR) is 81.2 cm³/mol. The number of amides is 1. The number of carbonyl (C=O) groups excluding carboxylic acids is 1. The molecule has 0 spiro atoms. The molecule has 0 bridgehead atoms. The molecule has 0 aromatic carbocycles. The zero-order valence-corrected chi connectivity index (χ0v) is 13.2. The lowest BCUT2D eigenvalue weighted by atomic mass is 10.2. The van der Waals surface area contributed by atoms with Gasteiger partial charge in [0.25, 0.3) is 0 Å². The minimum atomic E-state index is -0.0604. The van der Waals surface area contributed by atoms with Crippen LogP contribution in [0.15, 0.2) is 18.3 Å². The van der Waals surface area contributed by atoms with Crippen LogP contribution in [0.5, 0.6) is 5.88 Å². The monoisotopic (exact) mass is 295 g/mol. The SMILES string of the molecule is COCC(C)NC(=O)CNCc1cccnc1OC(C)C. The Hall–Kier alpha value is -1.66. The summed E-state index contributed by atoms with van der Waals surface area (Å²) in [5.41, 5.74) is 0.934. The molecule has 118 valence electrons. The van der Waals surface area contributed by atoms with Crippen molar-refractivity contribution in [3.8, 4) is 5.88 Å². The largest absolute Gasteiger partial charge is 0.475 e. The van der Waals surface area contributed by atoms with E-state index in [-0.39, 0.29) is 24.6 Å². The van der Waals surface area contributed by atoms with Crippen molar-refractivity contribution in [2.24, 2.45) is 0 Å².